The Kier molecular flexibility index (Phi) is 4.35. The lowest BCUT2D eigenvalue weighted by atomic mass is 9.70. The number of hydrogen-bond donors (Lipinski definition) is 1. The topological polar surface area (TPSA) is 32.5 Å². The van der Waals surface area contributed by atoms with Crippen LogP contribution in [0.4, 0.5) is 0 Å². The van der Waals surface area contributed by atoms with Crippen LogP contribution in [0, 0.1) is 5.41 Å². The van der Waals surface area contributed by atoms with Crippen molar-refractivity contribution >= 4 is 0 Å². The SMILES string of the molecule is CCC1CN(C2CCCC(C)(C)C2N)CCN1C. The van der Waals surface area contributed by atoms with Gasteiger partial charge in [-0.1, -0.05) is 27.2 Å². The van der Waals surface area contributed by atoms with Gasteiger partial charge >= 0.3 is 0 Å². The van der Waals surface area contributed by atoms with E-state index in [9.17, 15) is 0 Å². The first-order valence-corrected chi connectivity index (χ1v) is 7.65. The number of nitrogens with zero attached hydrogens (tertiary/aromatic N) is 2. The first-order chi connectivity index (χ1) is 8.45. The molecule has 1 aliphatic carbocycles. The highest BCUT2D eigenvalue weighted by atomic mass is 15.3. The molecule has 0 aromatic heterocycles. The van der Waals surface area contributed by atoms with E-state index in [1.807, 2.05) is 0 Å². The summed E-state index contributed by atoms with van der Waals surface area (Å²) in [5.41, 5.74) is 6.87. The molecule has 2 aliphatic rings. The normalized spacial score (nSPS) is 38.8. The summed E-state index contributed by atoms with van der Waals surface area (Å²) in [5, 5.41) is 0. The molecule has 3 nitrogen and oxygen atoms in total. The Balaban J connectivity index is 2.02. The molecule has 2 rings (SSSR count). The van der Waals surface area contributed by atoms with Crippen LogP contribution in [0.3, 0.4) is 0 Å². The fourth-order valence-corrected chi connectivity index (χ4v) is 3.76. The summed E-state index contributed by atoms with van der Waals surface area (Å²) >= 11 is 0. The van der Waals surface area contributed by atoms with E-state index in [0.29, 0.717) is 17.5 Å². The molecule has 2 N–H and O–H groups in total. The highest BCUT2D eigenvalue weighted by Crippen LogP contribution is 2.37. The second-order valence-corrected chi connectivity index (χ2v) is 7.01. The molecule has 2 fully saturated rings. The molecule has 0 radical (unpaired) electrons. The Morgan fingerprint density at radius 3 is 2.67 bits per heavy atom. The Hall–Kier alpha value is -0.120. The second-order valence-electron chi connectivity index (χ2n) is 7.01. The van der Waals surface area contributed by atoms with E-state index in [2.05, 4.69) is 37.6 Å². The van der Waals surface area contributed by atoms with E-state index in [0.717, 1.165) is 6.04 Å². The average Bonchev–Trinajstić information content (AvgIpc) is 2.33. The average molecular weight is 253 g/mol. The maximum atomic E-state index is 6.55. The van der Waals surface area contributed by atoms with E-state index in [4.69, 9.17) is 5.73 Å². The molecule has 0 spiro atoms. The van der Waals surface area contributed by atoms with Crippen molar-refractivity contribution in [3.8, 4) is 0 Å². The highest BCUT2D eigenvalue weighted by Gasteiger charge is 2.40. The summed E-state index contributed by atoms with van der Waals surface area (Å²) in [7, 11) is 2.26. The first kappa shape index (κ1) is 14.3. The Labute approximate surface area is 113 Å². The molecule has 1 saturated heterocycles. The highest BCUT2D eigenvalue weighted by molar-refractivity contribution is 4.98. The molecule has 0 bridgehead atoms. The summed E-state index contributed by atoms with van der Waals surface area (Å²) in [6.07, 6.45) is 5.17. The van der Waals surface area contributed by atoms with Gasteiger partial charge in [-0.05, 0) is 31.7 Å². The lowest BCUT2D eigenvalue weighted by molar-refractivity contribution is 0.0129. The van der Waals surface area contributed by atoms with Crippen LogP contribution in [0.25, 0.3) is 0 Å². The third kappa shape index (κ3) is 2.73. The molecule has 0 amide bonds. The van der Waals surface area contributed by atoms with Crippen molar-refractivity contribution in [3.05, 3.63) is 0 Å². The molecule has 1 saturated carbocycles. The maximum absolute atomic E-state index is 6.55. The molecule has 0 aromatic carbocycles. The number of likely N-dealkylation sites (N-methyl/N-ethyl adjacent to an activating group) is 1. The van der Waals surface area contributed by atoms with Crippen LogP contribution < -0.4 is 5.73 Å². The predicted molar refractivity (Wildman–Crippen MR) is 77.7 cm³/mol. The van der Waals surface area contributed by atoms with Crippen LogP contribution in [0.2, 0.25) is 0 Å². The molecule has 0 aromatic rings. The molecule has 3 heteroatoms. The smallest absolute Gasteiger partial charge is 0.0253 e. The van der Waals surface area contributed by atoms with E-state index < -0.39 is 0 Å². The van der Waals surface area contributed by atoms with Gasteiger partial charge in [0.2, 0.25) is 0 Å². The van der Waals surface area contributed by atoms with Gasteiger partial charge in [0.15, 0.2) is 0 Å². The molecule has 1 aliphatic heterocycles. The van der Waals surface area contributed by atoms with E-state index >= 15 is 0 Å². The van der Waals surface area contributed by atoms with Gasteiger partial charge < -0.3 is 10.6 Å². The van der Waals surface area contributed by atoms with Crippen LogP contribution in [0.1, 0.15) is 46.5 Å². The minimum absolute atomic E-state index is 0.313. The zero-order valence-corrected chi connectivity index (χ0v) is 12.7. The zero-order chi connectivity index (χ0) is 13.3. The number of hydrogen-bond acceptors (Lipinski definition) is 3. The van der Waals surface area contributed by atoms with Crippen molar-refractivity contribution < 1.29 is 0 Å². The largest absolute Gasteiger partial charge is 0.326 e. The van der Waals surface area contributed by atoms with Crippen molar-refractivity contribution in [1.82, 2.24) is 9.80 Å². The van der Waals surface area contributed by atoms with E-state index in [1.165, 1.54) is 45.3 Å². The van der Waals surface area contributed by atoms with Gasteiger partial charge in [0, 0.05) is 37.8 Å². The molecular weight excluding hydrogens is 222 g/mol. The van der Waals surface area contributed by atoms with Crippen molar-refractivity contribution in [3.63, 3.8) is 0 Å². The lowest BCUT2D eigenvalue weighted by Gasteiger charge is -2.50. The predicted octanol–water partition coefficient (Wildman–Crippen LogP) is 1.92. The van der Waals surface area contributed by atoms with Gasteiger partial charge in [0.25, 0.3) is 0 Å². The first-order valence-electron chi connectivity index (χ1n) is 7.65. The summed E-state index contributed by atoms with van der Waals surface area (Å²) in [6, 6.07) is 1.67. The molecule has 1 heterocycles. The Morgan fingerprint density at radius 2 is 2.00 bits per heavy atom. The lowest BCUT2D eigenvalue weighted by Crippen LogP contribution is -2.62. The maximum Gasteiger partial charge on any atom is 0.0253 e. The van der Waals surface area contributed by atoms with Gasteiger partial charge in [-0.15, -0.1) is 0 Å². The van der Waals surface area contributed by atoms with Gasteiger partial charge in [-0.2, -0.15) is 0 Å². The number of piperazine rings is 1. The molecule has 3 unspecified atom stereocenters. The van der Waals surface area contributed by atoms with Crippen LogP contribution in [0.15, 0.2) is 0 Å². The van der Waals surface area contributed by atoms with Gasteiger partial charge in [0.1, 0.15) is 0 Å². The van der Waals surface area contributed by atoms with Gasteiger partial charge in [-0.25, -0.2) is 0 Å². The molecular formula is C15H31N3. The minimum Gasteiger partial charge on any atom is -0.326 e. The Bertz CT molecular complexity index is 277. The van der Waals surface area contributed by atoms with Crippen LogP contribution in [-0.2, 0) is 0 Å². The zero-order valence-electron chi connectivity index (χ0n) is 12.7. The summed E-state index contributed by atoms with van der Waals surface area (Å²) in [5.74, 6) is 0. The minimum atomic E-state index is 0.313. The standard InChI is InChI=1S/C15H31N3/c1-5-12-11-18(10-9-17(12)4)13-7-6-8-15(2,3)14(13)16/h12-14H,5-11,16H2,1-4H3. The number of nitrogens with two attached hydrogens (primary N) is 1. The van der Waals surface area contributed by atoms with Gasteiger partial charge in [-0.3, -0.25) is 4.90 Å². The fraction of sp³-hybridized carbons (Fsp3) is 1.00. The fourth-order valence-electron chi connectivity index (χ4n) is 3.76. The van der Waals surface area contributed by atoms with E-state index in [1.54, 1.807) is 0 Å². The quantitative estimate of drug-likeness (QED) is 0.816. The summed E-state index contributed by atoms with van der Waals surface area (Å²) in [4.78, 5) is 5.19. The molecule has 106 valence electrons. The van der Waals surface area contributed by atoms with Crippen molar-refractivity contribution in [2.45, 2.75) is 64.6 Å². The summed E-state index contributed by atoms with van der Waals surface area (Å²) in [6.45, 7) is 10.6. The van der Waals surface area contributed by atoms with Crippen molar-refractivity contribution in [2.24, 2.45) is 11.1 Å². The van der Waals surface area contributed by atoms with Crippen LogP contribution >= 0.6 is 0 Å². The van der Waals surface area contributed by atoms with Crippen LogP contribution in [-0.4, -0.2) is 54.6 Å². The number of rotatable bonds is 2. The monoisotopic (exact) mass is 253 g/mol. The Morgan fingerprint density at radius 1 is 1.28 bits per heavy atom. The molecule has 3 atom stereocenters. The van der Waals surface area contributed by atoms with Gasteiger partial charge in [0.05, 0.1) is 0 Å². The van der Waals surface area contributed by atoms with Crippen molar-refractivity contribution in [2.75, 3.05) is 26.7 Å². The summed E-state index contributed by atoms with van der Waals surface area (Å²) < 4.78 is 0. The third-order valence-electron chi connectivity index (χ3n) is 5.39. The van der Waals surface area contributed by atoms with E-state index in [-0.39, 0.29) is 0 Å². The van der Waals surface area contributed by atoms with Crippen LogP contribution in [0.5, 0.6) is 0 Å². The third-order valence-corrected chi connectivity index (χ3v) is 5.39. The van der Waals surface area contributed by atoms with Crippen molar-refractivity contribution in [1.29, 1.82) is 0 Å². The molecule has 18 heavy (non-hydrogen) atoms. The second kappa shape index (κ2) is 5.48.